The number of ether oxygens (including phenoxy) is 3. The molecule has 0 aliphatic carbocycles. The molecule has 14 heteroatoms. The number of hydrogen-bond donors (Lipinski definition) is 2. The lowest BCUT2D eigenvalue weighted by atomic mass is 10.0. The molecule has 0 aromatic heterocycles. The number of carbonyl (C=O) groups excluding carboxylic acids is 2. The lowest BCUT2D eigenvalue weighted by Gasteiger charge is -2.19. The normalized spacial score (nSPS) is 16.6. The van der Waals surface area contributed by atoms with Gasteiger partial charge in [0.15, 0.2) is 17.8 Å². The Morgan fingerprint density at radius 3 is 1.71 bits per heavy atom. The molecule has 2 aliphatic rings. The quantitative estimate of drug-likeness (QED) is 0.306. The average Bonchev–Trinajstić information content (AvgIpc) is 2.86. The Balaban J connectivity index is 0.000000212. The van der Waals surface area contributed by atoms with Crippen LogP contribution in [-0.4, -0.2) is 53.7 Å². The highest BCUT2D eigenvalue weighted by Gasteiger charge is 2.28. The first-order valence-corrected chi connectivity index (χ1v) is 14.8. The largest absolute Gasteiger partial charge is 0.465 e. The van der Waals surface area contributed by atoms with Crippen LogP contribution in [0.5, 0.6) is 0 Å². The maximum Gasteiger partial charge on any atom is 0.338 e. The smallest absolute Gasteiger partial charge is 0.338 e. The van der Waals surface area contributed by atoms with Crippen molar-refractivity contribution in [3.63, 3.8) is 0 Å². The molecule has 2 aliphatic heterocycles. The lowest BCUT2D eigenvalue weighted by Crippen LogP contribution is -2.25. The summed E-state index contributed by atoms with van der Waals surface area (Å²) in [4.78, 5) is 27.3. The molecule has 2 aromatic rings. The molecule has 0 unspecified atom stereocenters. The summed E-state index contributed by atoms with van der Waals surface area (Å²) in [5.74, 6) is -2.25. The zero-order valence-corrected chi connectivity index (χ0v) is 22.8. The van der Waals surface area contributed by atoms with Crippen LogP contribution in [0.4, 0.5) is 0 Å². The molecule has 0 spiro atoms. The van der Waals surface area contributed by atoms with E-state index in [2.05, 4.69) is 9.73 Å². The molecule has 0 bridgehead atoms. The number of aryl methyl sites for hydroxylation is 2. The molecular formula is C24H29N3O9S2. The van der Waals surface area contributed by atoms with E-state index in [0.717, 1.165) is 5.56 Å². The lowest BCUT2D eigenvalue weighted by molar-refractivity contribution is 0.0598. The third-order valence-corrected chi connectivity index (χ3v) is 8.92. The molecule has 0 fully saturated rings. The molecule has 2 aromatic carbocycles. The van der Waals surface area contributed by atoms with E-state index in [0.29, 0.717) is 35.1 Å². The van der Waals surface area contributed by atoms with Crippen LogP contribution in [0.1, 0.15) is 56.8 Å². The van der Waals surface area contributed by atoms with Crippen molar-refractivity contribution in [2.45, 2.75) is 49.7 Å². The van der Waals surface area contributed by atoms with E-state index in [9.17, 15) is 26.4 Å². The third-order valence-electron chi connectivity index (χ3n) is 5.86. The SMILES string of the molecule is CCc1cc2c(cc1C(=O)N=C(N)N)S(=O)(=O)COC2.CCc1cc2c(cc1C(=O)OC)S(=O)(=O)COC2. The minimum absolute atomic E-state index is 0.107. The maximum atomic E-state index is 12.0. The number of rotatable bonds is 4. The predicted molar refractivity (Wildman–Crippen MR) is 137 cm³/mol. The van der Waals surface area contributed by atoms with Gasteiger partial charge in [0.25, 0.3) is 5.91 Å². The number of carbonyl (C=O) groups is 2. The molecule has 0 atom stereocenters. The number of nitrogens with two attached hydrogens (primary N) is 2. The standard InChI is InChI=1S/C12H15N3O4S.C12H14O5S/c1-2-7-3-8-5-19-6-20(17,18)10(8)4-9(7)11(16)15-12(13)14;1-3-8-4-9-6-17-7-18(14,15)11(9)5-10(8)12(13)16-2/h3-4H,2,5-6H2,1H3,(H4,13,14,15,16);4-5H,3,6-7H2,1-2H3. The number of nitrogens with zero attached hydrogens (tertiary/aromatic N) is 1. The van der Waals surface area contributed by atoms with Gasteiger partial charge in [0.2, 0.25) is 19.7 Å². The van der Waals surface area contributed by atoms with Crippen molar-refractivity contribution < 1.29 is 40.6 Å². The molecule has 12 nitrogen and oxygen atoms in total. The summed E-state index contributed by atoms with van der Waals surface area (Å²) in [5.41, 5.74) is 13.5. The summed E-state index contributed by atoms with van der Waals surface area (Å²) >= 11 is 0. The molecule has 206 valence electrons. The van der Waals surface area contributed by atoms with Gasteiger partial charge in [0.05, 0.1) is 35.7 Å². The van der Waals surface area contributed by atoms with Crippen molar-refractivity contribution in [2.24, 2.45) is 16.5 Å². The van der Waals surface area contributed by atoms with E-state index in [1.165, 1.54) is 19.2 Å². The third kappa shape index (κ3) is 6.20. The van der Waals surface area contributed by atoms with Gasteiger partial charge in [-0.25, -0.2) is 21.6 Å². The Labute approximate surface area is 220 Å². The number of benzene rings is 2. The van der Waals surface area contributed by atoms with Crippen LogP contribution in [0.2, 0.25) is 0 Å². The zero-order valence-electron chi connectivity index (χ0n) is 21.1. The Morgan fingerprint density at radius 1 is 0.842 bits per heavy atom. The number of methoxy groups -OCH3 is 1. The summed E-state index contributed by atoms with van der Waals surface area (Å²) in [6, 6.07) is 6.10. The van der Waals surface area contributed by atoms with Crippen molar-refractivity contribution in [1.29, 1.82) is 0 Å². The average molecular weight is 568 g/mol. The van der Waals surface area contributed by atoms with Crippen LogP contribution in [0.3, 0.4) is 0 Å². The number of guanidine groups is 1. The minimum Gasteiger partial charge on any atom is -0.465 e. The fourth-order valence-corrected chi connectivity index (χ4v) is 6.56. The topological polar surface area (TPSA) is 195 Å². The first-order valence-electron chi connectivity index (χ1n) is 11.5. The first-order chi connectivity index (χ1) is 17.8. The van der Waals surface area contributed by atoms with E-state index >= 15 is 0 Å². The highest BCUT2D eigenvalue weighted by Crippen LogP contribution is 2.29. The van der Waals surface area contributed by atoms with Gasteiger partial charge in [0, 0.05) is 5.56 Å². The number of hydrogen-bond acceptors (Lipinski definition) is 9. The molecule has 4 N–H and O–H groups in total. The van der Waals surface area contributed by atoms with Crippen molar-refractivity contribution in [3.05, 3.63) is 57.6 Å². The molecule has 0 radical (unpaired) electrons. The molecule has 0 saturated heterocycles. The van der Waals surface area contributed by atoms with Crippen molar-refractivity contribution in [2.75, 3.05) is 19.0 Å². The fraction of sp³-hybridized carbons (Fsp3) is 0.375. The van der Waals surface area contributed by atoms with Gasteiger partial charge >= 0.3 is 5.97 Å². The number of fused-ring (bicyclic) bond motifs is 2. The summed E-state index contributed by atoms with van der Waals surface area (Å²) in [6.07, 6.45) is 1.17. The molecule has 0 saturated carbocycles. The van der Waals surface area contributed by atoms with Crippen molar-refractivity contribution in [1.82, 2.24) is 0 Å². The Bertz CT molecular complexity index is 1510. The second kappa shape index (κ2) is 11.6. The summed E-state index contributed by atoms with van der Waals surface area (Å²) < 4.78 is 62.4. The van der Waals surface area contributed by atoms with Crippen LogP contribution < -0.4 is 11.5 Å². The fourth-order valence-electron chi connectivity index (χ4n) is 4.07. The van der Waals surface area contributed by atoms with Gasteiger partial charge in [-0.1, -0.05) is 26.0 Å². The number of sulfone groups is 2. The number of amides is 1. The Kier molecular flexibility index (Phi) is 8.92. The van der Waals surface area contributed by atoms with Gasteiger partial charge in [-0.15, -0.1) is 0 Å². The van der Waals surface area contributed by atoms with Gasteiger partial charge in [-0.05, 0) is 47.2 Å². The number of aliphatic imine (C=N–C) groups is 1. The molecule has 1 amide bonds. The number of esters is 1. The maximum absolute atomic E-state index is 12.0. The van der Waals surface area contributed by atoms with Crippen LogP contribution in [0.15, 0.2) is 39.0 Å². The summed E-state index contributed by atoms with van der Waals surface area (Å²) in [6.45, 7) is 4.21. The second-order valence-electron chi connectivity index (χ2n) is 8.44. The van der Waals surface area contributed by atoms with Crippen LogP contribution >= 0.6 is 0 Å². The molecular weight excluding hydrogens is 538 g/mol. The first kappa shape index (κ1) is 29.2. The molecule has 38 heavy (non-hydrogen) atoms. The predicted octanol–water partition coefficient (Wildman–Crippen LogP) is 1.22. The Hall–Kier alpha value is -3.33. The highest BCUT2D eigenvalue weighted by molar-refractivity contribution is 7.91. The van der Waals surface area contributed by atoms with E-state index in [-0.39, 0.29) is 46.4 Å². The molecule has 2 heterocycles. The van der Waals surface area contributed by atoms with Crippen LogP contribution in [-0.2, 0) is 59.9 Å². The summed E-state index contributed by atoms with van der Waals surface area (Å²) in [7, 11) is -5.72. The van der Waals surface area contributed by atoms with E-state index in [4.69, 9.17) is 20.9 Å². The Morgan fingerprint density at radius 2 is 1.29 bits per heavy atom. The zero-order chi connectivity index (χ0) is 28.3. The van der Waals surface area contributed by atoms with Gasteiger partial charge < -0.3 is 25.7 Å². The van der Waals surface area contributed by atoms with Crippen molar-refractivity contribution in [3.8, 4) is 0 Å². The second-order valence-corrected chi connectivity index (χ2v) is 12.2. The monoisotopic (exact) mass is 567 g/mol. The van der Waals surface area contributed by atoms with E-state index < -0.39 is 31.6 Å². The minimum atomic E-state index is -3.54. The van der Waals surface area contributed by atoms with Crippen molar-refractivity contribution >= 4 is 37.5 Å². The van der Waals surface area contributed by atoms with Crippen LogP contribution in [0.25, 0.3) is 0 Å². The van der Waals surface area contributed by atoms with Crippen LogP contribution in [0, 0.1) is 0 Å². The summed E-state index contributed by atoms with van der Waals surface area (Å²) in [5, 5.41) is 0. The highest BCUT2D eigenvalue weighted by atomic mass is 32.2. The van der Waals surface area contributed by atoms with Gasteiger partial charge in [0.1, 0.15) is 0 Å². The van der Waals surface area contributed by atoms with Gasteiger partial charge in [-0.2, -0.15) is 4.99 Å². The van der Waals surface area contributed by atoms with E-state index in [1.807, 2.05) is 13.8 Å². The van der Waals surface area contributed by atoms with Gasteiger partial charge in [-0.3, -0.25) is 4.79 Å². The van der Waals surface area contributed by atoms with E-state index in [1.54, 1.807) is 12.1 Å². The molecule has 4 rings (SSSR count).